The molecule has 0 fully saturated rings. The van der Waals surface area contributed by atoms with Crippen molar-refractivity contribution in [3.8, 4) is 0 Å². The van der Waals surface area contributed by atoms with Gasteiger partial charge in [0.25, 0.3) is 0 Å². The molecule has 0 aliphatic rings. The van der Waals surface area contributed by atoms with E-state index in [-0.39, 0.29) is 0 Å². The number of carboxylic acid groups (broad SMARTS) is 1. The highest BCUT2D eigenvalue weighted by Gasteiger charge is 2.00. The summed E-state index contributed by atoms with van der Waals surface area (Å²) in [6.45, 7) is 3.11. The third kappa shape index (κ3) is 4.02. The van der Waals surface area contributed by atoms with Crippen LogP contribution in [-0.2, 0) is 0 Å². The summed E-state index contributed by atoms with van der Waals surface area (Å²) >= 11 is 0. The predicted octanol–water partition coefficient (Wildman–Crippen LogP) is 2.99. The fourth-order valence-electron chi connectivity index (χ4n) is 1.34. The van der Waals surface area contributed by atoms with Crippen LogP contribution in [0.15, 0.2) is 24.3 Å². The highest BCUT2D eigenvalue weighted by molar-refractivity contribution is 5.87. The Kier molecular flexibility index (Phi) is 4.68. The van der Waals surface area contributed by atoms with Crippen LogP contribution in [0, 0.1) is 0 Å². The second kappa shape index (κ2) is 6.06. The van der Waals surface area contributed by atoms with Crippen LogP contribution in [-0.4, -0.2) is 17.6 Å². The van der Waals surface area contributed by atoms with Gasteiger partial charge in [0.05, 0.1) is 5.56 Å². The molecule has 0 spiro atoms. The van der Waals surface area contributed by atoms with Gasteiger partial charge in [-0.05, 0) is 30.7 Å². The number of hydrogen-bond acceptors (Lipinski definition) is 2. The number of rotatable bonds is 6. The number of carboxylic acids is 1. The maximum Gasteiger partial charge on any atom is 0.335 e. The topological polar surface area (TPSA) is 49.3 Å². The van der Waals surface area contributed by atoms with Crippen molar-refractivity contribution in [1.29, 1.82) is 0 Å². The fraction of sp³-hybridized carbons (Fsp3) is 0.417. The molecule has 1 aromatic carbocycles. The second-order valence-electron chi connectivity index (χ2n) is 3.52. The van der Waals surface area contributed by atoms with E-state index in [1.165, 1.54) is 12.8 Å². The van der Waals surface area contributed by atoms with E-state index in [4.69, 9.17) is 5.11 Å². The summed E-state index contributed by atoms with van der Waals surface area (Å²) in [5.41, 5.74) is 1.31. The minimum absolute atomic E-state index is 0.328. The molecule has 0 atom stereocenters. The van der Waals surface area contributed by atoms with Crippen molar-refractivity contribution in [3.05, 3.63) is 29.8 Å². The molecule has 0 aromatic heterocycles. The lowest BCUT2D eigenvalue weighted by Gasteiger charge is -2.05. The minimum atomic E-state index is -0.882. The highest BCUT2D eigenvalue weighted by atomic mass is 16.4. The molecule has 2 N–H and O–H groups in total. The van der Waals surface area contributed by atoms with Gasteiger partial charge in [0, 0.05) is 12.2 Å². The van der Waals surface area contributed by atoms with E-state index in [9.17, 15) is 4.79 Å². The normalized spacial score (nSPS) is 9.93. The zero-order valence-electron chi connectivity index (χ0n) is 8.99. The van der Waals surface area contributed by atoms with Gasteiger partial charge in [0.2, 0.25) is 0 Å². The Morgan fingerprint density at radius 1 is 1.27 bits per heavy atom. The quantitative estimate of drug-likeness (QED) is 0.705. The van der Waals surface area contributed by atoms with Crippen LogP contribution in [0.25, 0.3) is 0 Å². The summed E-state index contributed by atoms with van der Waals surface area (Å²) in [5, 5.41) is 12.0. The van der Waals surface area contributed by atoms with Gasteiger partial charge in [0.1, 0.15) is 0 Å². The van der Waals surface area contributed by atoms with Gasteiger partial charge in [-0.15, -0.1) is 0 Å². The smallest absolute Gasteiger partial charge is 0.335 e. The van der Waals surface area contributed by atoms with E-state index in [0.717, 1.165) is 18.7 Å². The summed E-state index contributed by atoms with van der Waals surface area (Å²) < 4.78 is 0. The monoisotopic (exact) mass is 207 g/mol. The average Bonchev–Trinajstić information content (AvgIpc) is 2.25. The van der Waals surface area contributed by atoms with E-state index in [0.29, 0.717) is 5.56 Å². The van der Waals surface area contributed by atoms with E-state index in [1.807, 2.05) is 0 Å². The van der Waals surface area contributed by atoms with Gasteiger partial charge in [-0.25, -0.2) is 4.79 Å². The van der Waals surface area contributed by atoms with Crippen LogP contribution in [0.5, 0.6) is 0 Å². The van der Waals surface area contributed by atoms with Gasteiger partial charge < -0.3 is 10.4 Å². The molecule has 0 aliphatic carbocycles. The van der Waals surface area contributed by atoms with Gasteiger partial charge in [-0.3, -0.25) is 0 Å². The third-order valence-corrected chi connectivity index (χ3v) is 2.24. The van der Waals surface area contributed by atoms with Crippen molar-refractivity contribution >= 4 is 11.7 Å². The predicted molar refractivity (Wildman–Crippen MR) is 61.4 cm³/mol. The molecule has 0 saturated carbocycles. The first-order valence-electron chi connectivity index (χ1n) is 5.31. The average molecular weight is 207 g/mol. The molecule has 0 amide bonds. The van der Waals surface area contributed by atoms with Crippen molar-refractivity contribution in [1.82, 2.24) is 0 Å². The summed E-state index contributed by atoms with van der Waals surface area (Å²) in [6.07, 6.45) is 3.58. The van der Waals surface area contributed by atoms with Crippen molar-refractivity contribution in [2.75, 3.05) is 11.9 Å². The minimum Gasteiger partial charge on any atom is -0.478 e. The van der Waals surface area contributed by atoms with Crippen LogP contribution < -0.4 is 5.32 Å². The number of hydrogen-bond donors (Lipinski definition) is 2. The van der Waals surface area contributed by atoms with Crippen molar-refractivity contribution in [2.45, 2.75) is 26.2 Å². The molecule has 0 unspecified atom stereocenters. The van der Waals surface area contributed by atoms with Crippen LogP contribution in [0.4, 0.5) is 5.69 Å². The fourth-order valence-corrected chi connectivity index (χ4v) is 1.34. The maximum atomic E-state index is 10.6. The van der Waals surface area contributed by atoms with Crippen molar-refractivity contribution in [3.63, 3.8) is 0 Å². The summed E-state index contributed by atoms with van der Waals surface area (Å²) in [5.74, 6) is -0.882. The molecular formula is C12H17NO2. The van der Waals surface area contributed by atoms with Crippen LogP contribution in [0.2, 0.25) is 0 Å². The van der Waals surface area contributed by atoms with E-state index < -0.39 is 5.97 Å². The number of aromatic carboxylic acids is 1. The molecule has 3 nitrogen and oxygen atoms in total. The largest absolute Gasteiger partial charge is 0.478 e. The molecule has 0 saturated heterocycles. The molecule has 0 bridgehead atoms. The summed E-state index contributed by atoms with van der Waals surface area (Å²) in [4.78, 5) is 10.6. The Morgan fingerprint density at radius 3 is 2.47 bits per heavy atom. The Labute approximate surface area is 90.1 Å². The van der Waals surface area contributed by atoms with Gasteiger partial charge in [-0.1, -0.05) is 19.8 Å². The maximum absolute atomic E-state index is 10.6. The molecule has 0 radical (unpaired) electrons. The van der Waals surface area contributed by atoms with E-state index >= 15 is 0 Å². The van der Waals surface area contributed by atoms with Crippen LogP contribution in [0.1, 0.15) is 36.5 Å². The second-order valence-corrected chi connectivity index (χ2v) is 3.52. The standard InChI is InChI=1S/C12H17NO2/c1-2-3-4-9-13-11-7-5-10(6-8-11)12(14)15/h5-8,13H,2-4,9H2,1H3,(H,14,15). The first-order valence-corrected chi connectivity index (χ1v) is 5.31. The lowest BCUT2D eigenvalue weighted by atomic mass is 10.2. The molecule has 82 valence electrons. The number of carbonyl (C=O) groups is 1. The third-order valence-electron chi connectivity index (χ3n) is 2.24. The zero-order chi connectivity index (χ0) is 11.1. The lowest BCUT2D eigenvalue weighted by Crippen LogP contribution is -2.02. The van der Waals surface area contributed by atoms with Crippen molar-refractivity contribution in [2.24, 2.45) is 0 Å². The number of benzene rings is 1. The summed E-state index contributed by atoms with van der Waals surface area (Å²) in [6, 6.07) is 6.83. The van der Waals surface area contributed by atoms with E-state index in [1.54, 1.807) is 24.3 Å². The Balaban J connectivity index is 2.39. The van der Waals surface area contributed by atoms with E-state index in [2.05, 4.69) is 12.2 Å². The Hall–Kier alpha value is -1.51. The molecule has 3 heteroatoms. The number of nitrogens with one attached hydrogen (secondary N) is 1. The Bertz CT molecular complexity index is 306. The SMILES string of the molecule is CCCCCNc1ccc(C(=O)O)cc1. The van der Waals surface area contributed by atoms with Crippen molar-refractivity contribution < 1.29 is 9.90 Å². The molecule has 1 aromatic rings. The first kappa shape index (κ1) is 11.6. The zero-order valence-corrected chi connectivity index (χ0v) is 8.99. The molecular weight excluding hydrogens is 190 g/mol. The molecule has 15 heavy (non-hydrogen) atoms. The molecule has 0 aliphatic heterocycles. The Morgan fingerprint density at radius 2 is 1.93 bits per heavy atom. The number of unbranched alkanes of at least 4 members (excludes halogenated alkanes) is 2. The number of anilines is 1. The first-order chi connectivity index (χ1) is 7.24. The van der Waals surface area contributed by atoms with Gasteiger partial charge in [0.15, 0.2) is 0 Å². The molecule has 0 heterocycles. The van der Waals surface area contributed by atoms with Crippen LogP contribution in [0.3, 0.4) is 0 Å². The molecule has 1 rings (SSSR count). The summed E-state index contributed by atoms with van der Waals surface area (Å²) in [7, 11) is 0. The lowest BCUT2D eigenvalue weighted by molar-refractivity contribution is 0.0697. The van der Waals surface area contributed by atoms with Gasteiger partial charge >= 0.3 is 5.97 Å². The highest BCUT2D eigenvalue weighted by Crippen LogP contribution is 2.09. The van der Waals surface area contributed by atoms with Gasteiger partial charge in [-0.2, -0.15) is 0 Å². The van der Waals surface area contributed by atoms with Crippen LogP contribution >= 0.6 is 0 Å².